The number of fused-ring (bicyclic) bond motifs is 1. The minimum atomic E-state index is -4.10. The lowest BCUT2D eigenvalue weighted by Gasteiger charge is -2.16. The molecule has 1 aliphatic heterocycles. The number of ether oxygens (including phenoxy) is 1. The molecule has 0 aliphatic carbocycles. The van der Waals surface area contributed by atoms with Gasteiger partial charge < -0.3 is 4.74 Å². The third-order valence-corrected chi connectivity index (χ3v) is 5.71. The van der Waals surface area contributed by atoms with Crippen molar-refractivity contribution >= 4 is 15.9 Å². The van der Waals surface area contributed by atoms with Crippen LogP contribution >= 0.6 is 0 Å². The van der Waals surface area contributed by atoms with E-state index < -0.39 is 22.0 Å². The number of sulfonamides is 1. The van der Waals surface area contributed by atoms with Crippen LogP contribution in [0.3, 0.4) is 0 Å². The van der Waals surface area contributed by atoms with E-state index in [4.69, 9.17) is 10.00 Å². The van der Waals surface area contributed by atoms with Gasteiger partial charge in [-0.25, -0.2) is 13.1 Å². The maximum Gasteiger partial charge on any atom is 0.275 e. The minimum Gasteiger partial charge on any atom is -0.480 e. The van der Waals surface area contributed by atoms with Gasteiger partial charge >= 0.3 is 0 Å². The number of aryl methyl sites for hydroxylation is 1. The quantitative estimate of drug-likeness (QED) is 0.910. The van der Waals surface area contributed by atoms with Crippen LogP contribution in [0, 0.1) is 18.3 Å². The summed E-state index contributed by atoms with van der Waals surface area (Å²) in [6.45, 7) is 3.41. The number of benzene rings is 2. The lowest BCUT2D eigenvalue weighted by molar-refractivity contribution is -0.126. The highest BCUT2D eigenvalue weighted by Crippen LogP contribution is 2.37. The molecule has 2 atom stereocenters. The second kappa shape index (κ2) is 6.22. The molecule has 0 saturated heterocycles. The fraction of sp³-hybridized carbons (Fsp3) is 0.222. The van der Waals surface area contributed by atoms with Crippen molar-refractivity contribution in [1.82, 2.24) is 4.72 Å². The molecule has 0 bridgehead atoms. The van der Waals surface area contributed by atoms with Crippen molar-refractivity contribution in [1.29, 1.82) is 5.26 Å². The third-order valence-electron chi connectivity index (χ3n) is 4.22. The highest BCUT2D eigenvalue weighted by atomic mass is 32.2. The van der Waals surface area contributed by atoms with Crippen LogP contribution in [0.1, 0.15) is 29.5 Å². The van der Waals surface area contributed by atoms with Gasteiger partial charge in [0.2, 0.25) is 0 Å². The molecular formula is C18H16N2O4S. The Morgan fingerprint density at radius 3 is 2.64 bits per heavy atom. The van der Waals surface area contributed by atoms with Gasteiger partial charge in [-0.15, -0.1) is 0 Å². The lowest BCUT2D eigenvalue weighted by atomic mass is 9.97. The van der Waals surface area contributed by atoms with Crippen LogP contribution in [-0.2, 0) is 14.8 Å². The van der Waals surface area contributed by atoms with E-state index >= 15 is 0 Å². The van der Waals surface area contributed by atoms with Crippen molar-refractivity contribution in [3.05, 3.63) is 59.2 Å². The van der Waals surface area contributed by atoms with Gasteiger partial charge in [-0.1, -0.05) is 31.2 Å². The monoisotopic (exact) mass is 356 g/mol. The van der Waals surface area contributed by atoms with Gasteiger partial charge in [-0.3, -0.25) is 4.79 Å². The topological polar surface area (TPSA) is 96.3 Å². The first-order valence-corrected chi connectivity index (χ1v) is 9.15. The number of rotatable bonds is 3. The Labute approximate surface area is 146 Å². The van der Waals surface area contributed by atoms with Gasteiger partial charge in [0.25, 0.3) is 15.9 Å². The number of hydrogen-bond donors (Lipinski definition) is 1. The van der Waals surface area contributed by atoms with Gasteiger partial charge in [0.15, 0.2) is 6.10 Å². The van der Waals surface area contributed by atoms with Crippen molar-refractivity contribution in [2.75, 3.05) is 0 Å². The van der Waals surface area contributed by atoms with Gasteiger partial charge in [-0.05, 0) is 30.7 Å². The van der Waals surface area contributed by atoms with Gasteiger partial charge in [-0.2, -0.15) is 5.26 Å². The third kappa shape index (κ3) is 3.08. The average Bonchev–Trinajstić information content (AvgIpc) is 2.92. The first kappa shape index (κ1) is 17.0. The molecule has 1 aliphatic rings. The zero-order valence-corrected chi connectivity index (χ0v) is 14.5. The van der Waals surface area contributed by atoms with Crippen molar-refractivity contribution in [3.8, 4) is 11.8 Å². The molecule has 0 unspecified atom stereocenters. The van der Waals surface area contributed by atoms with Crippen LogP contribution in [-0.4, -0.2) is 20.4 Å². The van der Waals surface area contributed by atoms with Gasteiger partial charge in [0, 0.05) is 11.5 Å². The molecule has 3 rings (SSSR count). The molecule has 1 amide bonds. The highest BCUT2D eigenvalue weighted by Gasteiger charge is 2.38. The SMILES string of the molecule is Cc1ccc(C#N)cc1S(=O)(=O)NC(=O)[C@@H]1Oc2ccccc2[C@H]1C. The molecule has 2 aromatic carbocycles. The van der Waals surface area contributed by atoms with E-state index in [1.54, 1.807) is 19.1 Å². The summed E-state index contributed by atoms with van der Waals surface area (Å²) >= 11 is 0. The summed E-state index contributed by atoms with van der Waals surface area (Å²) in [5.41, 5.74) is 1.52. The predicted molar refractivity (Wildman–Crippen MR) is 90.5 cm³/mol. The highest BCUT2D eigenvalue weighted by molar-refractivity contribution is 7.90. The molecule has 7 heteroatoms. The number of carbonyl (C=O) groups is 1. The fourth-order valence-corrected chi connectivity index (χ4v) is 4.12. The number of amides is 1. The number of carbonyl (C=O) groups excluding carboxylic acids is 1. The molecule has 128 valence electrons. The molecule has 0 radical (unpaired) electrons. The number of nitriles is 1. The Balaban J connectivity index is 1.85. The van der Waals surface area contributed by atoms with Gasteiger partial charge in [0.1, 0.15) is 5.75 Å². The Kier molecular flexibility index (Phi) is 4.23. The maximum atomic E-state index is 12.6. The number of para-hydroxylation sites is 1. The predicted octanol–water partition coefficient (Wildman–Crippen LogP) is 2.24. The van der Waals surface area contributed by atoms with Gasteiger partial charge in [0.05, 0.1) is 16.5 Å². The summed E-state index contributed by atoms with van der Waals surface area (Å²) in [4.78, 5) is 12.4. The van der Waals surface area contributed by atoms with Crippen molar-refractivity contribution in [2.45, 2.75) is 30.8 Å². The zero-order valence-electron chi connectivity index (χ0n) is 13.7. The van der Waals surface area contributed by atoms with E-state index in [9.17, 15) is 13.2 Å². The average molecular weight is 356 g/mol. The second-order valence-electron chi connectivity index (χ2n) is 5.93. The lowest BCUT2D eigenvalue weighted by Crippen LogP contribution is -2.42. The molecule has 0 fully saturated rings. The van der Waals surface area contributed by atoms with Crippen LogP contribution in [0.5, 0.6) is 5.75 Å². The van der Waals surface area contributed by atoms with E-state index in [-0.39, 0.29) is 16.4 Å². The summed E-state index contributed by atoms with van der Waals surface area (Å²) in [6.07, 6.45) is -0.924. The van der Waals surface area contributed by atoms with E-state index in [1.807, 2.05) is 25.1 Å². The zero-order chi connectivity index (χ0) is 18.2. The minimum absolute atomic E-state index is 0.0944. The summed E-state index contributed by atoms with van der Waals surface area (Å²) in [6, 6.07) is 13.4. The molecular weight excluding hydrogens is 340 g/mol. The fourth-order valence-electron chi connectivity index (χ4n) is 2.85. The van der Waals surface area contributed by atoms with Crippen LogP contribution in [0.25, 0.3) is 0 Å². The molecule has 0 saturated carbocycles. The standard InChI is InChI=1S/C18H16N2O4S/c1-11-7-8-13(10-19)9-16(11)25(22,23)20-18(21)17-12(2)14-5-3-4-6-15(14)24-17/h3-9,12,17H,1-2H3,(H,20,21)/t12-,17-/m1/s1. The largest absolute Gasteiger partial charge is 0.480 e. The number of nitrogens with zero attached hydrogens (tertiary/aromatic N) is 1. The van der Waals surface area contributed by atoms with E-state index in [2.05, 4.69) is 4.72 Å². The molecule has 6 nitrogen and oxygen atoms in total. The van der Waals surface area contributed by atoms with E-state index in [0.29, 0.717) is 11.3 Å². The van der Waals surface area contributed by atoms with Crippen molar-refractivity contribution < 1.29 is 17.9 Å². The first-order chi connectivity index (χ1) is 11.8. The summed E-state index contributed by atoms with van der Waals surface area (Å²) < 4.78 is 32.8. The maximum absolute atomic E-state index is 12.6. The Hall–Kier alpha value is -2.85. The molecule has 1 N–H and O–H groups in total. The van der Waals surface area contributed by atoms with Crippen LogP contribution in [0.2, 0.25) is 0 Å². The molecule has 2 aromatic rings. The summed E-state index contributed by atoms with van der Waals surface area (Å²) in [5, 5.41) is 8.96. The molecule has 0 aromatic heterocycles. The Morgan fingerprint density at radius 2 is 1.96 bits per heavy atom. The Morgan fingerprint density at radius 1 is 1.24 bits per heavy atom. The summed E-state index contributed by atoms with van der Waals surface area (Å²) in [7, 11) is -4.10. The summed E-state index contributed by atoms with van der Waals surface area (Å²) in [5.74, 6) is -0.418. The number of hydrogen-bond acceptors (Lipinski definition) is 5. The van der Waals surface area contributed by atoms with Crippen LogP contribution in [0.4, 0.5) is 0 Å². The Bertz CT molecular complexity index is 992. The van der Waals surface area contributed by atoms with E-state index in [1.165, 1.54) is 18.2 Å². The molecule has 1 heterocycles. The van der Waals surface area contributed by atoms with Crippen molar-refractivity contribution in [3.63, 3.8) is 0 Å². The smallest absolute Gasteiger partial charge is 0.275 e. The molecule has 25 heavy (non-hydrogen) atoms. The van der Waals surface area contributed by atoms with Crippen molar-refractivity contribution in [2.24, 2.45) is 0 Å². The van der Waals surface area contributed by atoms with Crippen LogP contribution in [0.15, 0.2) is 47.4 Å². The molecule has 0 spiro atoms. The normalized spacial score (nSPS) is 18.8. The first-order valence-electron chi connectivity index (χ1n) is 7.66. The van der Waals surface area contributed by atoms with Crippen LogP contribution < -0.4 is 9.46 Å². The number of nitrogens with one attached hydrogen (secondary N) is 1. The second-order valence-corrected chi connectivity index (χ2v) is 7.58. The van der Waals surface area contributed by atoms with E-state index in [0.717, 1.165) is 5.56 Å².